The van der Waals surface area contributed by atoms with Gasteiger partial charge in [0.25, 0.3) is 0 Å². The maximum atomic E-state index is 11.8. The number of methoxy groups -OCH3 is 1. The number of aromatic nitrogens is 2. The average molecular weight is 264 g/mol. The van der Waals surface area contributed by atoms with Crippen molar-refractivity contribution in [1.29, 1.82) is 0 Å². The molecule has 0 aliphatic heterocycles. The van der Waals surface area contributed by atoms with Crippen LogP contribution in [0.4, 0.5) is 0 Å². The summed E-state index contributed by atoms with van der Waals surface area (Å²) in [5.74, 6) is -0.999. The Labute approximate surface area is 109 Å². The number of carbonyl (C=O) groups is 1. The van der Waals surface area contributed by atoms with E-state index in [4.69, 9.17) is 9.84 Å². The van der Waals surface area contributed by atoms with Crippen molar-refractivity contribution in [2.24, 2.45) is 0 Å². The van der Waals surface area contributed by atoms with Crippen molar-refractivity contribution in [2.75, 3.05) is 13.7 Å². The normalized spacial score (nSPS) is 11.0. The predicted octanol–water partition coefficient (Wildman–Crippen LogP) is 1.45. The average Bonchev–Trinajstić information content (AvgIpc) is 2.70. The summed E-state index contributed by atoms with van der Waals surface area (Å²) in [6, 6.07) is 4.62. The third kappa shape index (κ3) is 2.85. The molecule has 2 rings (SSSR count). The second-order valence-corrected chi connectivity index (χ2v) is 4.32. The molecule has 0 radical (unpaired) electrons. The SMILES string of the molecule is COCCCCn1c(=O)[nH]c2ccc(C(=O)O)cc21. The number of aromatic amines is 1. The first-order chi connectivity index (χ1) is 9.13. The van der Waals surface area contributed by atoms with Crippen LogP contribution in [0, 0.1) is 0 Å². The minimum absolute atomic E-state index is 0.178. The summed E-state index contributed by atoms with van der Waals surface area (Å²) >= 11 is 0. The van der Waals surface area contributed by atoms with Crippen LogP contribution < -0.4 is 5.69 Å². The third-order valence-corrected chi connectivity index (χ3v) is 3.00. The van der Waals surface area contributed by atoms with Gasteiger partial charge < -0.3 is 14.8 Å². The quantitative estimate of drug-likeness (QED) is 0.773. The highest BCUT2D eigenvalue weighted by atomic mass is 16.5. The number of rotatable bonds is 6. The molecule has 0 saturated heterocycles. The number of nitrogens with zero attached hydrogens (tertiary/aromatic N) is 1. The van der Waals surface area contributed by atoms with Gasteiger partial charge in [-0.3, -0.25) is 4.57 Å². The zero-order chi connectivity index (χ0) is 13.8. The van der Waals surface area contributed by atoms with Gasteiger partial charge >= 0.3 is 11.7 Å². The molecule has 6 nitrogen and oxygen atoms in total. The fraction of sp³-hybridized carbons (Fsp3) is 0.385. The van der Waals surface area contributed by atoms with Crippen molar-refractivity contribution in [2.45, 2.75) is 19.4 Å². The summed E-state index contributed by atoms with van der Waals surface area (Å²) in [5, 5.41) is 8.97. The topological polar surface area (TPSA) is 84.3 Å². The first kappa shape index (κ1) is 13.4. The van der Waals surface area contributed by atoms with E-state index >= 15 is 0 Å². The summed E-state index contributed by atoms with van der Waals surface area (Å²) in [4.78, 5) is 25.5. The summed E-state index contributed by atoms with van der Waals surface area (Å²) in [7, 11) is 1.64. The van der Waals surface area contributed by atoms with Crippen molar-refractivity contribution in [1.82, 2.24) is 9.55 Å². The number of hydrogen-bond donors (Lipinski definition) is 2. The van der Waals surface area contributed by atoms with E-state index in [-0.39, 0.29) is 11.3 Å². The number of aromatic carboxylic acids is 1. The number of ether oxygens (including phenoxy) is 1. The summed E-state index contributed by atoms with van der Waals surface area (Å²) in [6.45, 7) is 1.20. The summed E-state index contributed by atoms with van der Waals surface area (Å²) in [6.07, 6.45) is 1.66. The second-order valence-electron chi connectivity index (χ2n) is 4.32. The zero-order valence-electron chi connectivity index (χ0n) is 10.7. The molecule has 2 aromatic rings. The molecule has 0 amide bonds. The Balaban J connectivity index is 2.30. The molecule has 0 spiro atoms. The molecule has 6 heteroatoms. The number of nitrogens with one attached hydrogen (secondary N) is 1. The summed E-state index contributed by atoms with van der Waals surface area (Å²) in [5.41, 5.74) is 1.25. The van der Waals surface area contributed by atoms with Crippen molar-refractivity contribution < 1.29 is 14.6 Å². The van der Waals surface area contributed by atoms with E-state index in [9.17, 15) is 9.59 Å². The Kier molecular flexibility index (Phi) is 4.01. The molecule has 0 atom stereocenters. The highest BCUT2D eigenvalue weighted by Crippen LogP contribution is 2.13. The fourth-order valence-corrected chi connectivity index (χ4v) is 2.02. The molecule has 0 aliphatic rings. The van der Waals surface area contributed by atoms with Crippen LogP contribution in [0.1, 0.15) is 23.2 Å². The molecule has 1 heterocycles. The van der Waals surface area contributed by atoms with Crippen molar-refractivity contribution in [3.63, 3.8) is 0 Å². The minimum atomic E-state index is -0.999. The van der Waals surface area contributed by atoms with Crippen LogP contribution in [0.15, 0.2) is 23.0 Å². The summed E-state index contributed by atoms with van der Waals surface area (Å²) < 4.78 is 6.52. The minimum Gasteiger partial charge on any atom is -0.478 e. The molecule has 0 fully saturated rings. The lowest BCUT2D eigenvalue weighted by atomic mass is 10.2. The van der Waals surface area contributed by atoms with Crippen LogP contribution in [0.5, 0.6) is 0 Å². The number of benzene rings is 1. The van der Waals surface area contributed by atoms with E-state index in [2.05, 4.69) is 4.98 Å². The van der Waals surface area contributed by atoms with Crippen molar-refractivity contribution >= 4 is 17.0 Å². The van der Waals surface area contributed by atoms with E-state index in [0.29, 0.717) is 24.2 Å². The van der Waals surface area contributed by atoms with Gasteiger partial charge in [0.1, 0.15) is 0 Å². The molecule has 0 aliphatic carbocycles. The Morgan fingerprint density at radius 2 is 2.21 bits per heavy atom. The predicted molar refractivity (Wildman–Crippen MR) is 70.6 cm³/mol. The van der Waals surface area contributed by atoms with Gasteiger partial charge in [-0.05, 0) is 31.0 Å². The zero-order valence-corrected chi connectivity index (χ0v) is 10.7. The van der Waals surface area contributed by atoms with Crippen LogP contribution in [0.3, 0.4) is 0 Å². The van der Waals surface area contributed by atoms with E-state index in [1.807, 2.05) is 0 Å². The van der Waals surface area contributed by atoms with Gasteiger partial charge in [0, 0.05) is 20.3 Å². The number of carboxylic acids is 1. The first-order valence-electron chi connectivity index (χ1n) is 6.08. The van der Waals surface area contributed by atoms with E-state index < -0.39 is 5.97 Å². The van der Waals surface area contributed by atoms with Crippen molar-refractivity contribution in [3.05, 3.63) is 34.2 Å². The van der Waals surface area contributed by atoms with Crippen LogP contribution in [-0.4, -0.2) is 34.3 Å². The van der Waals surface area contributed by atoms with E-state index in [1.165, 1.54) is 12.1 Å². The van der Waals surface area contributed by atoms with Gasteiger partial charge in [0.05, 0.1) is 16.6 Å². The van der Waals surface area contributed by atoms with E-state index in [0.717, 1.165) is 12.8 Å². The lowest BCUT2D eigenvalue weighted by molar-refractivity contribution is 0.0697. The Morgan fingerprint density at radius 1 is 1.42 bits per heavy atom. The Morgan fingerprint density at radius 3 is 2.89 bits per heavy atom. The maximum Gasteiger partial charge on any atom is 0.335 e. The number of unbranched alkanes of at least 4 members (excludes halogenated alkanes) is 1. The molecule has 1 aromatic heterocycles. The highest BCUT2D eigenvalue weighted by molar-refractivity contribution is 5.92. The van der Waals surface area contributed by atoms with Gasteiger partial charge in [-0.15, -0.1) is 0 Å². The second kappa shape index (κ2) is 5.71. The van der Waals surface area contributed by atoms with Gasteiger partial charge in [-0.1, -0.05) is 0 Å². The molecule has 19 heavy (non-hydrogen) atoms. The lowest BCUT2D eigenvalue weighted by Gasteiger charge is -2.03. The largest absolute Gasteiger partial charge is 0.478 e. The number of H-pyrrole nitrogens is 1. The van der Waals surface area contributed by atoms with E-state index in [1.54, 1.807) is 17.7 Å². The molecule has 0 saturated carbocycles. The molecule has 2 N–H and O–H groups in total. The van der Waals surface area contributed by atoms with Gasteiger partial charge in [0.2, 0.25) is 0 Å². The third-order valence-electron chi connectivity index (χ3n) is 3.00. The van der Waals surface area contributed by atoms with Crippen LogP contribution >= 0.6 is 0 Å². The molecule has 0 unspecified atom stereocenters. The van der Waals surface area contributed by atoms with Gasteiger partial charge in [-0.25, -0.2) is 9.59 Å². The van der Waals surface area contributed by atoms with Crippen LogP contribution in [0.2, 0.25) is 0 Å². The van der Waals surface area contributed by atoms with Gasteiger partial charge in [-0.2, -0.15) is 0 Å². The van der Waals surface area contributed by atoms with Crippen LogP contribution in [0.25, 0.3) is 11.0 Å². The fourth-order valence-electron chi connectivity index (χ4n) is 2.02. The monoisotopic (exact) mass is 264 g/mol. The first-order valence-corrected chi connectivity index (χ1v) is 6.08. The number of carboxylic acid groups (broad SMARTS) is 1. The number of hydrogen-bond acceptors (Lipinski definition) is 3. The smallest absolute Gasteiger partial charge is 0.335 e. The molecule has 102 valence electrons. The highest BCUT2D eigenvalue weighted by Gasteiger charge is 2.10. The maximum absolute atomic E-state index is 11.8. The lowest BCUT2D eigenvalue weighted by Crippen LogP contribution is -2.17. The van der Waals surface area contributed by atoms with Gasteiger partial charge in [0.15, 0.2) is 0 Å². The number of aryl methyl sites for hydroxylation is 1. The van der Waals surface area contributed by atoms with Crippen molar-refractivity contribution in [3.8, 4) is 0 Å². The molecular weight excluding hydrogens is 248 g/mol. The Bertz CT molecular complexity index is 642. The standard InChI is InChI=1S/C13H16N2O4/c1-19-7-3-2-6-15-11-8-9(12(16)17)4-5-10(11)14-13(15)18/h4-5,8H,2-3,6-7H2,1H3,(H,14,18)(H,16,17). The molecule has 1 aromatic carbocycles. The molecular formula is C13H16N2O4. The number of imidazole rings is 1. The molecule has 0 bridgehead atoms. The van der Waals surface area contributed by atoms with Crippen LogP contribution in [-0.2, 0) is 11.3 Å². The number of fused-ring (bicyclic) bond motifs is 1. The Hall–Kier alpha value is -2.08.